The number of hydrogen-bond acceptors (Lipinski definition) is 8. The molecule has 6 rings (SSSR count). The van der Waals surface area contributed by atoms with Gasteiger partial charge in [0.2, 0.25) is 0 Å². The van der Waals surface area contributed by atoms with Gasteiger partial charge in [0.25, 0.3) is 0 Å². The van der Waals surface area contributed by atoms with Gasteiger partial charge < -0.3 is 10.1 Å². The SMILES string of the molecule is CN1C[C@@H](F)C[C@@H](Oc2cc(-c3cnn(C)c3)cc3ncnc(Nc4ccc5ncsc5c4)c23)C1. The molecule has 3 aromatic heterocycles. The van der Waals surface area contributed by atoms with Crippen LogP contribution in [-0.4, -0.2) is 62.0 Å². The summed E-state index contributed by atoms with van der Waals surface area (Å²) in [6.07, 6.45) is 4.44. The van der Waals surface area contributed by atoms with Gasteiger partial charge >= 0.3 is 0 Å². The molecule has 1 saturated heterocycles. The molecule has 0 bridgehead atoms. The first kappa shape index (κ1) is 21.9. The summed E-state index contributed by atoms with van der Waals surface area (Å²) in [5.74, 6) is 1.25. The van der Waals surface area contributed by atoms with E-state index in [0.29, 0.717) is 31.1 Å². The number of likely N-dealkylation sites (N-methyl/N-ethyl adjacent to an activating group) is 1. The molecule has 8 nitrogen and oxygen atoms in total. The van der Waals surface area contributed by atoms with E-state index < -0.39 is 6.17 Å². The van der Waals surface area contributed by atoms with Gasteiger partial charge in [-0.3, -0.25) is 9.58 Å². The first-order valence-corrected chi connectivity index (χ1v) is 12.3. The monoisotopic (exact) mass is 489 g/mol. The van der Waals surface area contributed by atoms with Crippen molar-refractivity contribution in [3.8, 4) is 16.9 Å². The van der Waals surface area contributed by atoms with Crippen LogP contribution in [0.25, 0.3) is 32.2 Å². The van der Waals surface area contributed by atoms with E-state index in [1.807, 2.05) is 61.2 Å². The largest absolute Gasteiger partial charge is 0.488 e. The summed E-state index contributed by atoms with van der Waals surface area (Å²) in [4.78, 5) is 15.4. The topological polar surface area (TPSA) is 81.0 Å². The molecule has 2 atom stereocenters. The number of benzene rings is 2. The van der Waals surface area contributed by atoms with Crippen molar-refractivity contribution in [2.45, 2.75) is 18.7 Å². The Morgan fingerprint density at radius 2 is 1.97 bits per heavy atom. The average Bonchev–Trinajstić information content (AvgIpc) is 3.47. The van der Waals surface area contributed by atoms with Crippen molar-refractivity contribution in [2.75, 3.05) is 25.5 Å². The molecule has 0 unspecified atom stereocenters. The van der Waals surface area contributed by atoms with Crippen LogP contribution < -0.4 is 10.1 Å². The predicted octanol–water partition coefficient (Wildman–Crippen LogP) is 4.80. The minimum absolute atomic E-state index is 0.280. The first-order chi connectivity index (χ1) is 17.0. The van der Waals surface area contributed by atoms with Crippen molar-refractivity contribution < 1.29 is 9.13 Å². The van der Waals surface area contributed by atoms with Crippen molar-refractivity contribution in [1.82, 2.24) is 29.6 Å². The van der Waals surface area contributed by atoms with Gasteiger partial charge in [-0.25, -0.2) is 19.3 Å². The number of alkyl halides is 1. The lowest BCUT2D eigenvalue weighted by Crippen LogP contribution is -2.44. The summed E-state index contributed by atoms with van der Waals surface area (Å²) in [7, 11) is 3.79. The Hall–Kier alpha value is -3.63. The molecule has 5 aromatic rings. The van der Waals surface area contributed by atoms with Crippen LogP contribution in [0.4, 0.5) is 15.9 Å². The number of hydrogen-bond donors (Lipinski definition) is 1. The van der Waals surface area contributed by atoms with Crippen LogP contribution in [0.2, 0.25) is 0 Å². The highest BCUT2D eigenvalue weighted by Crippen LogP contribution is 2.37. The van der Waals surface area contributed by atoms with Crippen LogP contribution in [0.3, 0.4) is 0 Å². The summed E-state index contributed by atoms with van der Waals surface area (Å²) in [5.41, 5.74) is 6.30. The van der Waals surface area contributed by atoms with E-state index in [-0.39, 0.29) is 6.10 Å². The Kier molecular flexibility index (Phi) is 5.54. The second-order valence-corrected chi connectivity index (χ2v) is 9.83. The number of rotatable bonds is 5. The minimum atomic E-state index is -0.925. The Bertz CT molecular complexity index is 1510. The number of nitrogens with zero attached hydrogens (tertiary/aromatic N) is 6. The minimum Gasteiger partial charge on any atom is -0.488 e. The zero-order valence-electron chi connectivity index (χ0n) is 19.3. The fraction of sp³-hybridized carbons (Fsp3) is 0.280. The summed E-state index contributed by atoms with van der Waals surface area (Å²) >= 11 is 1.59. The molecule has 178 valence electrons. The van der Waals surface area contributed by atoms with Crippen molar-refractivity contribution in [1.29, 1.82) is 0 Å². The summed E-state index contributed by atoms with van der Waals surface area (Å²) in [6.45, 7) is 1.07. The Morgan fingerprint density at radius 1 is 1.06 bits per heavy atom. The van der Waals surface area contributed by atoms with Gasteiger partial charge in [0, 0.05) is 44.0 Å². The lowest BCUT2D eigenvalue weighted by molar-refractivity contribution is 0.0545. The zero-order chi connectivity index (χ0) is 23.9. The maximum atomic E-state index is 14.3. The molecule has 0 radical (unpaired) electrons. The number of anilines is 2. The van der Waals surface area contributed by atoms with Crippen LogP contribution in [0.15, 0.2) is 54.6 Å². The molecule has 1 aliphatic rings. The van der Waals surface area contributed by atoms with Crippen molar-refractivity contribution in [3.05, 3.63) is 54.6 Å². The van der Waals surface area contributed by atoms with Crippen LogP contribution in [0.1, 0.15) is 6.42 Å². The third-order valence-electron chi connectivity index (χ3n) is 6.17. The van der Waals surface area contributed by atoms with Crippen LogP contribution in [0.5, 0.6) is 5.75 Å². The normalized spacial score (nSPS) is 18.8. The molecule has 1 aliphatic heterocycles. The van der Waals surface area contributed by atoms with Gasteiger partial charge in [-0.1, -0.05) is 0 Å². The summed E-state index contributed by atoms with van der Waals surface area (Å²) < 4.78 is 23.7. The number of aryl methyl sites for hydroxylation is 1. The van der Waals surface area contributed by atoms with Gasteiger partial charge in [-0.05, 0) is 42.9 Å². The van der Waals surface area contributed by atoms with Gasteiger partial charge in [0.1, 0.15) is 30.2 Å². The molecule has 35 heavy (non-hydrogen) atoms. The lowest BCUT2D eigenvalue weighted by atomic mass is 10.0. The highest BCUT2D eigenvalue weighted by atomic mass is 32.1. The maximum Gasteiger partial charge on any atom is 0.145 e. The fourth-order valence-electron chi connectivity index (χ4n) is 4.61. The molecule has 0 amide bonds. The third-order valence-corrected chi connectivity index (χ3v) is 6.96. The smallest absolute Gasteiger partial charge is 0.145 e. The standard InChI is InChI=1S/C25H24FN7OS/c1-32-11-17(26)7-19(12-32)34-22-6-15(16-9-30-33(2)10-16)5-21-24(22)25(28-13-27-21)31-18-3-4-20-23(8-18)35-14-29-20/h3-6,8-10,13-14,17,19H,7,11-12H2,1-2H3,(H,27,28,31)/t17-,19+/m0/s1. The molecule has 10 heteroatoms. The lowest BCUT2D eigenvalue weighted by Gasteiger charge is -2.32. The van der Waals surface area contributed by atoms with E-state index in [4.69, 9.17) is 4.74 Å². The molecular formula is C25H24FN7OS. The number of thiazole rings is 1. The molecular weight excluding hydrogens is 465 g/mol. The number of piperidine rings is 1. The molecule has 4 heterocycles. The second kappa shape index (κ2) is 8.86. The van der Waals surface area contributed by atoms with E-state index >= 15 is 0 Å². The number of nitrogens with one attached hydrogen (secondary N) is 1. The summed E-state index contributed by atoms with van der Waals surface area (Å²) in [5, 5.41) is 8.49. The van der Waals surface area contributed by atoms with Gasteiger partial charge in [0.05, 0.1) is 32.8 Å². The number of halogens is 1. The zero-order valence-corrected chi connectivity index (χ0v) is 20.2. The Balaban J connectivity index is 1.45. The van der Waals surface area contributed by atoms with E-state index in [0.717, 1.165) is 37.9 Å². The number of ether oxygens (including phenoxy) is 1. The predicted molar refractivity (Wildman–Crippen MR) is 136 cm³/mol. The maximum absolute atomic E-state index is 14.3. The average molecular weight is 490 g/mol. The molecule has 0 spiro atoms. The fourth-order valence-corrected chi connectivity index (χ4v) is 5.32. The number of aromatic nitrogens is 5. The van der Waals surface area contributed by atoms with E-state index in [2.05, 4.69) is 31.4 Å². The van der Waals surface area contributed by atoms with Crippen molar-refractivity contribution >= 4 is 44.0 Å². The third kappa shape index (κ3) is 4.42. The molecule has 1 N–H and O–H groups in total. The quantitative estimate of drug-likeness (QED) is 0.380. The second-order valence-electron chi connectivity index (χ2n) is 8.95. The van der Waals surface area contributed by atoms with Gasteiger partial charge in [-0.15, -0.1) is 11.3 Å². The van der Waals surface area contributed by atoms with Crippen LogP contribution >= 0.6 is 11.3 Å². The molecule has 1 fully saturated rings. The number of likely N-dealkylation sites (tertiary alicyclic amines) is 1. The van der Waals surface area contributed by atoms with Crippen molar-refractivity contribution in [2.24, 2.45) is 7.05 Å². The van der Waals surface area contributed by atoms with E-state index in [1.165, 1.54) is 0 Å². The summed E-state index contributed by atoms with van der Waals surface area (Å²) in [6, 6.07) is 9.99. The first-order valence-electron chi connectivity index (χ1n) is 11.4. The molecule has 0 saturated carbocycles. The van der Waals surface area contributed by atoms with Crippen molar-refractivity contribution in [3.63, 3.8) is 0 Å². The number of fused-ring (bicyclic) bond motifs is 2. The Morgan fingerprint density at radius 3 is 2.80 bits per heavy atom. The van der Waals surface area contributed by atoms with Crippen LogP contribution in [0, 0.1) is 0 Å². The van der Waals surface area contributed by atoms with Gasteiger partial charge in [0.15, 0.2) is 0 Å². The van der Waals surface area contributed by atoms with E-state index in [9.17, 15) is 4.39 Å². The van der Waals surface area contributed by atoms with Crippen LogP contribution in [-0.2, 0) is 7.05 Å². The molecule has 0 aliphatic carbocycles. The van der Waals surface area contributed by atoms with Gasteiger partial charge in [-0.2, -0.15) is 5.10 Å². The Labute approximate surface area is 205 Å². The highest BCUT2D eigenvalue weighted by molar-refractivity contribution is 7.16. The van der Waals surface area contributed by atoms with E-state index in [1.54, 1.807) is 22.3 Å². The molecule has 2 aromatic carbocycles. The highest BCUT2D eigenvalue weighted by Gasteiger charge is 2.27.